The summed E-state index contributed by atoms with van der Waals surface area (Å²) in [5, 5.41) is 2.01. The first-order valence-electron chi connectivity index (χ1n) is 8.93. The molecule has 0 aromatic heterocycles. The number of halogens is 6. The Labute approximate surface area is 164 Å². The van der Waals surface area contributed by atoms with Crippen LogP contribution in [-0.4, -0.2) is 11.9 Å². The number of nitrogens with zero attached hydrogens (tertiary/aromatic N) is 1. The third kappa shape index (κ3) is 4.72. The van der Waals surface area contributed by atoms with E-state index in [1.165, 1.54) is 0 Å². The Balaban J connectivity index is 1.94. The summed E-state index contributed by atoms with van der Waals surface area (Å²) in [6.45, 7) is 1.82. The monoisotopic (exact) mass is 411 g/mol. The maximum absolute atomic E-state index is 13.1. The molecule has 0 N–H and O–H groups in total. The molecule has 0 aliphatic heterocycles. The number of alkyl halides is 6. The second-order valence-electron chi connectivity index (χ2n) is 7.07. The molecule has 0 aliphatic rings. The van der Waals surface area contributed by atoms with Gasteiger partial charge in [-0.3, -0.25) is 4.90 Å². The average molecular weight is 411 g/mol. The van der Waals surface area contributed by atoms with Crippen LogP contribution in [0.4, 0.5) is 26.3 Å². The lowest BCUT2D eigenvalue weighted by Gasteiger charge is -2.27. The first-order chi connectivity index (χ1) is 13.5. The van der Waals surface area contributed by atoms with E-state index in [4.69, 9.17) is 0 Å². The van der Waals surface area contributed by atoms with Gasteiger partial charge in [0.1, 0.15) is 0 Å². The van der Waals surface area contributed by atoms with Gasteiger partial charge < -0.3 is 0 Å². The fourth-order valence-corrected chi connectivity index (χ4v) is 3.39. The smallest absolute Gasteiger partial charge is 0.295 e. The van der Waals surface area contributed by atoms with E-state index in [1.807, 2.05) is 49.4 Å². The average Bonchev–Trinajstić information content (AvgIpc) is 2.65. The van der Waals surface area contributed by atoms with E-state index in [0.29, 0.717) is 0 Å². The largest absolute Gasteiger partial charge is 0.416 e. The van der Waals surface area contributed by atoms with E-state index in [-0.39, 0.29) is 24.2 Å². The lowest BCUT2D eigenvalue weighted by atomic mass is 9.98. The van der Waals surface area contributed by atoms with Crippen molar-refractivity contribution in [3.05, 3.63) is 82.9 Å². The number of hydrogen-bond acceptors (Lipinski definition) is 1. The van der Waals surface area contributed by atoms with Gasteiger partial charge in [0.15, 0.2) is 0 Å². The normalized spacial score (nSPS) is 13.8. The summed E-state index contributed by atoms with van der Waals surface area (Å²) in [6, 6.07) is 14.9. The molecule has 0 saturated heterocycles. The summed E-state index contributed by atoms with van der Waals surface area (Å²) >= 11 is 0. The number of hydrogen-bond donors (Lipinski definition) is 0. The molecule has 29 heavy (non-hydrogen) atoms. The summed E-state index contributed by atoms with van der Waals surface area (Å²) < 4.78 is 78.5. The Morgan fingerprint density at radius 2 is 1.34 bits per heavy atom. The quantitative estimate of drug-likeness (QED) is 0.415. The van der Waals surface area contributed by atoms with Crippen LogP contribution in [0.25, 0.3) is 10.8 Å². The second kappa shape index (κ2) is 7.71. The van der Waals surface area contributed by atoms with E-state index >= 15 is 0 Å². The SMILES string of the molecule is C[C@H](c1cccc2ccccc12)N(C)Cc1cc(C(F)(F)F)cc(C(F)(F)F)c1. The van der Waals surface area contributed by atoms with Crippen molar-refractivity contribution >= 4 is 10.8 Å². The van der Waals surface area contributed by atoms with Crippen molar-refractivity contribution in [3.8, 4) is 0 Å². The van der Waals surface area contributed by atoms with Gasteiger partial charge in [-0.25, -0.2) is 0 Å². The van der Waals surface area contributed by atoms with Crippen LogP contribution in [0.2, 0.25) is 0 Å². The molecular formula is C22H19F6N. The van der Waals surface area contributed by atoms with Crippen LogP contribution in [0, 0.1) is 0 Å². The van der Waals surface area contributed by atoms with Crippen molar-refractivity contribution in [2.45, 2.75) is 31.9 Å². The summed E-state index contributed by atoms with van der Waals surface area (Å²) in [5.74, 6) is 0. The number of rotatable bonds is 4. The molecule has 3 rings (SSSR count). The zero-order valence-electron chi connectivity index (χ0n) is 15.8. The predicted molar refractivity (Wildman–Crippen MR) is 100 cm³/mol. The van der Waals surface area contributed by atoms with Crippen LogP contribution in [-0.2, 0) is 18.9 Å². The van der Waals surface area contributed by atoms with Crippen molar-refractivity contribution < 1.29 is 26.3 Å². The van der Waals surface area contributed by atoms with Crippen molar-refractivity contribution in [2.24, 2.45) is 0 Å². The zero-order valence-corrected chi connectivity index (χ0v) is 15.8. The van der Waals surface area contributed by atoms with Crippen molar-refractivity contribution in [1.82, 2.24) is 4.90 Å². The maximum Gasteiger partial charge on any atom is 0.416 e. The summed E-state index contributed by atoms with van der Waals surface area (Å²) in [5.41, 5.74) is -1.68. The van der Waals surface area contributed by atoms with E-state index < -0.39 is 23.5 Å². The fraction of sp³-hybridized carbons (Fsp3) is 0.273. The Hall–Kier alpha value is -2.54. The van der Waals surface area contributed by atoms with E-state index in [0.717, 1.165) is 28.5 Å². The minimum Gasteiger partial charge on any atom is -0.295 e. The van der Waals surface area contributed by atoms with E-state index in [1.54, 1.807) is 11.9 Å². The molecule has 154 valence electrons. The molecule has 0 bridgehead atoms. The molecule has 0 saturated carbocycles. The second-order valence-corrected chi connectivity index (χ2v) is 7.07. The minimum atomic E-state index is -4.85. The third-order valence-electron chi connectivity index (χ3n) is 5.01. The molecule has 0 unspecified atom stereocenters. The van der Waals surface area contributed by atoms with Gasteiger partial charge in [-0.2, -0.15) is 26.3 Å². The summed E-state index contributed by atoms with van der Waals surface area (Å²) in [6.07, 6.45) is -9.70. The first-order valence-corrected chi connectivity index (χ1v) is 8.93. The van der Waals surface area contributed by atoms with E-state index in [9.17, 15) is 26.3 Å². The Bertz CT molecular complexity index is 969. The van der Waals surface area contributed by atoms with Crippen LogP contribution in [0.15, 0.2) is 60.7 Å². The van der Waals surface area contributed by atoms with Crippen molar-refractivity contribution in [2.75, 3.05) is 7.05 Å². The molecule has 3 aromatic rings. The molecule has 7 heteroatoms. The molecule has 0 aliphatic carbocycles. The molecular weight excluding hydrogens is 392 g/mol. The van der Waals surface area contributed by atoms with Gasteiger partial charge in [0.05, 0.1) is 11.1 Å². The predicted octanol–water partition coefficient (Wildman–Crippen LogP) is 7.07. The summed E-state index contributed by atoms with van der Waals surface area (Å²) in [7, 11) is 1.68. The molecule has 0 amide bonds. The van der Waals surface area contributed by atoms with Crippen molar-refractivity contribution in [3.63, 3.8) is 0 Å². The lowest BCUT2D eigenvalue weighted by Crippen LogP contribution is -2.23. The van der Waals surface area contributed by atoms with E-state index in [2.05, 4.69) is 0 Å². The number of fused-ring (bicyclic) bond motifs is 1. The summed E-state index contributed by atoms with van der Waals surface area (Å²) in [4.78, 5) is 1.73. The molecule has 0 radical (unpaired) electrons. The molecule has 0 fully saturated rings. The van der Waals surface area contributed by atoms with Crippen molar-refractivity contribution in [1.29, 1.82) is 0 Å². The zero-order chi connectivity index (χ0) is 21.4. The molecule has 1 atom stereocenters. The number of benzene rings is 3. The third-order valence-corrected chi connectivity index (χ3v) is 5.01. The van der Waals surface area contributed by atoms with Gasteiger partial charge >= 0.3 is 12.4 Å². The topological polar surface area (TPSA) is 3.24 Å². The fourth-order valence-electron chi connectivity index (χ4n) is 3.39. The maximum atomic E-state index is 13.1. The van der Waals surface area contributed by atoms with Crippen LogP contribution in [0.3, 0.4) is 0 Å². The van der Waals surface area contributed by atoms with Gasteiger partial charge in [-0.15, -0.1) is 0 Å². The van der Waals surface area contributed by atoms with Gasteiger partial charge in [-0.1, -0.05) is 42.5 Å². The molecule has 3 aromatic carbocycles. The Kier molecular flexibility index (Phi) is 5.63. The highest BCUT2D eigenvalue weighted by Crippen LogP contribution is 2.37. The van der Waals surface area contributed by atoms with Gasteiger partial charge in [0.25, 0.3) is 0 Å². The standard InChI is InChI=1S/C22H19F6N/c1-14(19-9-5-7-16-6-3-4-8-20(16)19)29(2)13-15-10-17(21(23,24)25)12-18(11-15)22(26,27)28/h3-12,14H,13H2,1-2H3/t14-/m1/s1. The van der Waals surface area contributed by atoms with Crippen LogP contribution in [0.1, 0.15) is 35.2 Å². The molecule has 0 heterocycles. The van der Waals surface area contributed by atoms with Crippen LogP contribution < -0.4 is 0 Å². The molecule has 1 nitrogen and oxygen atoms in total. The molecule has 0 spiro atoms. The highest BCUT2D eigenvalue weighted by molar-refractivity contribution is 5.86. The van der Waals surface area contributed by atoms with Gasteiger partial charge in [0, 0.05) is 12.6 Å². The Morgan fingerprint density at radius 1 is 0.793 bits per heavy atom. The van der Waals surface area contributed by atoms with Crippen LogP contribution >= 0.6 is 0 Å². The van der Waals surface area contributed by atoms with Gasteiger partial charge in [-0.05, 0) is 54.1 Å². The highest BCUT2D eigenvalue weighted by atomic mass is 19.4. The lowest BCUT2D eigenvalue weighted by molar-refractivity contribution is -0.143. The first kappa shape index (κ1) is 21.2. The Morgan fingerprint density at radius 3 is 1.93 bits per heavy atom. The highest BCUT2D eigenvalue weighted by Gasteiger charge is 2.37. The van der Waals surface area contributed by atoms with Gasteiger partial charge in [0.2, 0.25) is 0 Å². The van der Waals surface area contributed by atoms with Crippen LogP contribution in [0.5, 0.6) is 0 Å². The minimum absolute atomic E-state index is 0.0401.